The van der Waals surface area contributed by atoms with Gasteiger partial charge in [-0.1, -0.05) is 48.5 Å². The molecular weight excluding hydrogens is 315 g/mol. The average molecular weight is 330 g/mol. The molecule has 0 spiro atoms. The summed E-state index contributed by atoms with van der Waals surface area (Å²) in [4.78, 5) is 12.1. The number of nitrogens with zero attached hydrogens (tertiary/aromatic N) is 2. The van der Waals surface area contributed by atoms with Gasteiger partial charge in [-0.3, -0.25) is 4.79 Å². The van der Waals surface area contributed by atoms with Crippen LogP contribution >= 0.6 is 0 Å². The van der Waals surface area contributed by atoms with Crippen molar-refractivity contribution < 1.29 is 4.39 Å². The number of hydrogen-bond acceptors (Lipinski definition) is 2. The van der Waals surface area contributed by atoms with Crippen LogP contribution < -0.4 is 5.56 Å². The molecule has 0 aliphatic heterocycles. The lowest BCUT2D eigenvalue weighted by molar-refractivity contribution is 0.612. The van der Waals surface area contributed by atoms with E-state index in [4.69, 9.17) is 0 Å². The monoisotopic (exact) mass is 330 g/mol. The van der Waals surface area contributed by atoms with Gasteiger partial charge in [0.1, 0.15) is 5.82 Å². The van der Waals surface area contributed by atoms with Gasteiger partial charge in [0.25, 0.3) is 5.56 Å². The molecule has 25 heavy (non-hydrogen) atoms. The normalized spacial score (nSPS) is 10.9. The van der Waals surface area contributed by atoms with E-state index in [2.05, 4.69) is 17.2 Å². The highest BCUT2D eigenvalue weighted by Crippen LogP contribution is 2.22. The van der Waals surface area contributed by atoms with Gasteiger partial charge in [-0.05, 0) is 40.6 Å². The van der Waals surface area contributed by atoms with E-state index in [0.717, 1.165) is 16.3 Å². The van der Waals surface area contributed by atoms with Crippen LogP contribution in [0.15, 0.2) is 83.7 Å². The van der Waals surface area contributed by atoms with Crippen LogP contribution in [0.1, 0.15) is 5.56 Å². The third kappa shape index (κ3) is 3.19. The fourth-order valence-corrected chi connectivity index (χ4v) is 2.87. The SMILES string of the molecule is O=c1ccc(-c2ccc3ccccc3c2)nn1Cc1cccc(F)c1. The molecule has 0 aliphatic carbocycles. The zero-order chi connectivity index (χ0) is 17.2. The summed E-state index contributed by atoms with van der Waals surface area (Å²) in [6.07, 6.45) is 0. The Hall–Kier alpha value is -3.27. The summed E-state index contributed by atoms with van der Waals surface area (Å²) in [6, 6.07) is 23.6. The molecule has 0 bridgehead atoms. The quantitative estimate of drug-likeness (QED) is 0.563. The van der Waals surface area contributed by atoms with Crippen molar-refractivity contribution in [2.45, 2.75) is 6.54 Å². The fraction of sp³-hybridized carbons (Fsp3) is 0.0476. The molecule has 0 amide bonds. The minimum Gasteiger partial charge on any atom is -0.268 e. The van der Waals surface area contributed by atoms with E-state index >= 15 is 0 Å². The Morgan fingerprint density at radius 1 is 0.840 bits per heavy atom. The average Bonchev–Trinajstić information content (AvgIpc) is 2.63. The predicted octanol–water partition coefficient (Wildman–Crippen LogP) is 4.25. The number of halogens is 1. The molecule has 4 heteroatoms. The van der Waals surface area contributed by atoms with Gasteiger partial charge in [0.15, 0.2) is 0 Å². The Morgan fingerprint density at radius 2 is 1.68 bits per heavy atom. The molecule has 0 unspecified atom stereocenters. The number of rotatable bonds is 3. The Morgan fingerprint density at radius 3 is 2.52 bits per heavy atom. The van der Waals surface area contributed by atoms with Gasteiger partial charge in [-0.25, -0.2) is 9.07 Å². The van der Waals surface area contributed by atoms with Gasteiger partial charge in [0, 0.05) is 11.6 Å². The highest BCUT2D eigenvalue weighted by molar-refractivity contribution is 5.86. The molecule has 1 heterocycles. The number of aromatic nitrogens is 2. The summed E-state index contributed by atoms with van der Waals surface area (Å²) in [5.74, 6) is -0.323. The van der Waals surface area contributed by atoms with E-state index < -0.39 is 0 Å². The van der Waals surface area contributed by atoms with Crippen LogP contribution in [0, 0.1) is 5.82 Å². The Labute approximate surface area is 144 Å². The van der Waals surface area contributed by atoms with Crippen LogP contribution in [0.3, 0.4) is 0 Å². The minimum absolute atomic E-state index is 0.214. The summed E-state index contributed by atoms with van der Waals surface area (Å²) in [6.45, 7) is 0.234. The lowest BCUT2D eigenvalue weighted by Crippen LogP contribution is -2.22. The lowest BCUT2D eigenvalue weighted by Gasteiger charge is -2.08. The van der Waals surface area contributed by atoms with Crippen molar-refractivity contribution in [3.63, 3.8) is 0 Å². The lowest BCUT2D eigenvalue weighted by atomic mass is 10.1. The molecule has 0 aliphatic rings. The van der Waals surface area contributed by atoms with Gasteiger partial charge in [0.05, 0.1) is 12.2 Å². The standard InChI is InChI=1S/C21H15FN2O/c22-19-7-3-4-15(12-19)14-24-21(25)11-10-20(23-24)18-9-8-16-5-1-2-6-17(16)13-18/h1-13H,14H2. The maximum atomic E-state index is 13.4. The predicted molar refractivity (Wildman–Crippen MR) is 96.9 cm³/mol. The molecule has 0 saturated heterocycles. The molecule has 0 fully saturated rings. The van der Waals surface area contributed by atoms with E-state index in [0.29, 0.717) is 11.3 Å². The second-order valence-corrected chi connectivity index (χ2v) is 5.91. The third-order valence-corrected chi connectivity index (χ3v) is 4.13. The largest absolute Gasteiger partial charge is 0.268 e. The van der Waals surface area contributed by atoms with Crippen molar-refractivity contribution in [3.05, 3.63) is 101 Å². The Bertz CT molecular complexity index is 1120. The van der Waals surface area contributed by atoms with Crippen molar-refractivity contribution in [1.82, 2.24) is 9.78 Å². The van der Waals surface area contributed by atoms with Crippen LogP contribution in [-0.4, -0.2) is 9.78 Å². The van der Waals surface area contributed by atoms with Crippen molar-refractivity contribution >= 4 is 10.8 Å². The summed E-state index contributed by atoms with van der Waals surface area (Å²) >= 11 is 0. The summed E-state index contributed by atoms with van der Waals surface area (Å²) < 4.78 is 14.7. The van der Waals surface area contributed by atoms with Crippen molar-refractivity contribution in [2.24, 2.45) is 0 Å². The van der Waals surface area contributed by atoms with Gasteiger partial charge in [-0.15, -0.1) is 0 Å². The third-order valence-electron chi connectivity index (χ3n) is 4.13. The van der Waals surface area contributed by atoms with Gasteiger partial charge in [0.2, 0.25) is 0 Å². The van der Waals surface area contributed by atoms with Gasteiger partial charge < -0.3 is 0 Å². The molecular formula is C21H15FN2O. The second kappa shape index (κ2) is 6.32. The van der Waals surface area contributed by atoms with Crippen LogP contribution in [0.4, 0.5) is 4.39 Å². The fourth-order valence-electron chi connectivity index (χ4n) is 2.87. The smallest absolute Gasteiger partial charge is 0.267 e. The topological polar surface area (TPSA) is 34.9 Å². The molecule has 3 aromatic carbocycles. The minimum atomic E-state index is -0.323. The first kappa shape index (κ1) is 15.3. The Kier molecular flexibility index (Phi) is 3.86. The van der Waals surface area contributed by atoms with Crippen LogP contribution in [-0.2, 0) is 6.54 Å². The first-order valence-electron chi connectivity index (χ1n) is 8.01. The van der Waals surface area contributed by atoms with Crippen molar-refractivity contribution in [2.75, 3.05) is 0 Å². The zero-order valence-corrected chi connectivity index (χ0v) is 13.4. The first-order valence-corrected chi connectivity index (χ1v) is 8.01. The van der Waals surface area contributed by atoms with E-state index in [1.54, 1.807) is 18.2 Å². The highest BCUT2D eigenvalue weighted by atomic mass is 19.1. The van der Waals surface area contributed by atoms with Crippen LogP contribution in [0.5, 0.6) is 0 Å². The molecule has 1 aromatic heterocycles. The van der Waals surface area contributed by atoms with Crippen molar-refractivity contribution in [3.8, 4) is 11.3 Å². The van der Waals surface area contributed by atoms with Gasteiger partial charge in [-0.2, -0.15) is 5.10 Å². The number of benzene rings is 3. The van der Waals surface area contributed by atoms with E-state index in [9.17, 15) is 9.18 Å². The van der Waals surface area contributed by atoms with E-state index in [1.165, 1.54) is 22.9 Å². The van der Waals surface area contributed by atoms with E-state index in [1.807, 2.05) is 30.3 Å². The molecule has 0 N–H and O–H groups in total. The number of hydrogen-bond donors (Lipinski definition) is 0. The molecule has 0 atom stereocenters. The van der Waals surface area contributed by atoms with Crippen LogP contribution in [0.25, 0.3) is 22.0 Å². The maximum Gasteiger partial charge on any atom is 0.267 e. The molecule has 4 aromatic rings. The maximum absolute atomic E-state index is 13.4. The van der Waals surface area contributed by atoms with Crippen LogP contribution in [0.2, 0.25) is 0 Å². The molecule has 0 saturated carbocycles. The second-order valence-electron chi connectivity index (χ2n) is 5.91. The summed E-state index contributed by atoms with van der Waals surface area (Å²) in [5.41, 5.74) is 2.13. The zero-order valence-electron chi connectivity index (χ0n) is 13.4. The highest BCUT2D eigenvalue weighted by Gasteiger charge is 2.06. The molecule has 122 valence electrons. The molecule has 3 nitrogen and oxygen atoms in total. The molecule has 4 rings (SSSR count). The summed E-state index contributed by atoms with van der Waals surface area (Å²) in [7, 11) is 0. The summed E-state index contributed by atoms with van der Waals surface area (Å²) in [5, 5.41) is 6.72. The Balaban J connectivity index is 1.74. The van der Waals surface area contributed by atoms with Crippen molar-refractivity contribution in [1.29, 1.82) is 0 Å². The van der Waals surface area contributed by atoms with E-state index in [-0.39, 0.29) is 17.9 Å². The first-order chi connectivity index (χ1) is 12.2. The number of fused-ring (bicyclic) bond motifs is 1. The molecule has 0 radical (unpaired) electrons. The van der Waals surface area contributed by atoms with Gasteiger partial charge >= 0.3 is 0 Å².